The van der Waals surface area contributed by atoms with E-state index in [4.69, 9.17) is 4.74 Å². The lowest BCUT2D eigenvalue weighted by atomic mass is 10.1. The van der Waals surface area contributed by atoms with Gasteiger partial charge in [0.05, 0.1) is 6.61 Å². The van der Waals surface area contributed by atoms with Crippen molar-refractivity contribution in [1.29, 1.82) is 0 Å². The molecule has 1 aromatic carbocycles. The molecule has 0 fully saturated rings. The Bertz CT molecular complexity index is 279. The molecule has 0 bridgehead atoms. The van der Waals surface area contributed by atoms with E-state index in [1.165, 1.54) is 12.1 Å². The molecular formula is C14H23NO. The molecule has 2 nitrogen and oxygen atoms in total. The molecule has 0 aliphatic rings. The largest absolute Gasteiger partial charge is 0.494 e. The van der Waals surface area contributed by atoms with E-state index in [1.54, 1.807) is 0 Å². The van der Waals surface area contributed by atoms with E-state index in [-0.39, 0.29) is 0 Å². The van der Waals surface area contributed by atoms with Crippen LogP contribution in [-0.2, 0) is 0 Å². The van der Waals surface area contributed by atoms with Crippen LogP contribution in [0, 0.1) is 5.92 Å². The highest BCUT2D eigenvalue weighted by molar-refractivity contribution is 5.46. The van der Waals surface area contributed by atoms with Gasteiger partial charge in [0, 0.05) is 12.2 Å². The molecule has 0 amide bonds. The molecule has 0 saturated heterocycles. The molecular weight excluding hydrogens is 198 g/mol. The van der Waals surface area contributed by atoms with Gasteiger partial charge in [0.25, 0.3) is 0 Å². The van der Waals surface area contributed by atoms with Crippen LogP contribution < -0.4 is 10.1 Å². The van der Waals surface area contributed by atoms with Crippen molar-refractivity contribution in [3.8, 4) is 5.75 Å². The summed E-state index contributed by atoms with van der Waals surface area (Å²) in [6.45, 7) is 8.42. The minimum absolute atomic E-state index is 0.750. The monoisotopic (exact) mass is 221 g/mol. The van der Waals surface area contributed by atoms with E-state index in [1.807, 2.05) is 12.1 Å². The molecule has 0 aliphatic heterocycles. The van der Waals surface area contributed by atoms with E-state index in [0.29, 0.717) is 0 Å². The van der Waals surface area contributed by atoms with Crippen molar-refractivity contribution in [1.82, 2.24) is 0 Å². The summed E-state index contributed by atoms with van der Waals surface area (Å²) in [7, 11) is 0. The van der Waals surface area contributed by atoms with Gasteiger partial charge in [-0.05, 0) is 43.0 Å². The van der Waals surface area contributed by atoms with Gasteiger partial charge in [0.1, 0.15) is 5.75 Å². The fourth-order valence-corrected chi connectivity index (χ4v) is 1.39. The first kappa shape index (κ1) is 12.9. The molecule has 0 saturated carbocycles. The second-order valence-corrected chi connectivity index (χ2v) is 4.48. The maximum atomic E-state index is 5.53. The number of anilines is 1. The predicted molar refractivity (Wildman–Crippen MR) is 70.2 cm³/mol. The number of hydrogen-bond donors (Lipinski definition) is 1. The average molecular weight is 221 g/mol. The quantitative estimate of drug-likeness (QED) is 0.753. The predicted octanol–water partition coefficient (Wildman–Crippen LogP) is 3.93. The Morgan fingerprint density at radius 2 is 1.88 bits per heavy atom. The Kier molecular flexibility index (Phi) is 5.76. The third-order valence-electron chi connectivity index (χ3n) is 2.38. The summed E-state index contributed by atoms with van der Waals surface area (Å²) in [6.07, 6.45) is 2.25. The third kappa shape index (κ3) is 5.06. The van der Waals surface area contributed by atoms with Crippen molar-refractivity contribution < 1.29 is 4.74 Å². The second-order valence-electron chi connectivity index (χ2n) is 4.48. The summed E-state index contributed by atoms with van der Waals surface area (Å²) in [5, 5.41) is 3.40. The van der Waals surface area contributed by atoms with Gasteiger partial charge in [-0.25, -0.2) is 0 Å². The molecule has 0 aliphatic carbocycles. The standard InChI is InChI=1S/C14H23NO/c1-4-11-16-14-7-5-13(6-8-14)15-10-9-12(2)3/h5-8,12,15H,4,9-11H2,1-3H3. The Morgan fingerprint density at radius 1 is 1.19 bits per heavy atom. The highest BCUT2D eigenvalue weighted by atomic mass is 16.5. The fraction of sp³-hybridized carbons (Fsp3) is 0.571. The lowest BCUT2D eigenvalue weighted by Gasteiger charge is -2.09. The minimum Gasteiger partial charge on any atom is -0.494 e. The lowest BCUT2D eigenvalue weighted by molar-refractivity contribution is 0.317. The third-order valence-corrected chi connectivity index (χ3v) is 2.38. The summed E-state index contributed by atoms with van der Waals surface area (Å²) in [5.41, 5.74) is 1.17. The van der Waals surface area contributed by atoms with Crippen LogP contribution in [0.5, 0.6) is 5.75 Å². The van der Waals surface area contributed by atoms with E-state index in [2.05, 4.69) is 38.2 Å². The zero-order chi connectivity index (χ0) is 11.8. The molecule has 0 heterocycles. The van der Waals surface area contributed by atoms with E-state index in [9.17, 15) is 0 Å². The molecule has 0 radical (unpaired) electrons. The minimum atomic E-state index is 0.750. The highest BCUT2D eigenvalue weighted by Crippen LogP contribution is 2.16. The lowest BCUT2D eigenvalue weighted by Crippen LogP contribution is -2.04. The smallest absolute Gasteiger partial charge is 0.119 e. The zero-order valence-electron chi connectivity index (χ0n) is 10.6. The van der Waals surface area contributed by atoms with Crippen molar-refractivity contribution in [3.05, 3.63) is 24.3 Å². The van der Waals surface area contributed by atoms with Crippen molar-refractivity contribution in [2.24, 2.45) is 5.92 Å². The van der Waals surface area contributed by atoms with Gasteiger partial charge in [-0.2, -0.15) is 0 Å². The van der Waals surface area contributed by atoms with Gasteiger partial charge in [0.15, 0.2) is 0 Å². The first-order valence-electron chi connectivity index (χ1n) is 6.19. The maximum Gasteiger partial charge on any atom is 0.119 e. The molecule has 0 atom stereocenters. The molecule has 0 spiro atoms. The van der Waals surface area contributed by atoms with Crippen LogP contribution in [-0.4, -0.2) is 13.2 Å². The van der Waals surface area contributed by atoms with Crippen LogP contribution in [0.25, 0.3) is 0 Å². The van der Waals surface area contributed by atoms with E-state index < -0.39 is 0 Å². The molecule has 0 unspecified atom stereocenters. The van der Waals surface area contributed by atoms with Gasteiger partial charge in [0.2, 0.25) is 0 Å². The SMILES string of the molecule is CCCOc1ccc(NCCC(C)C)cc1. The maximum absolute atomic E-state index is 5.53. The number of benzene rings is 1. The van der Waals surface area contributed by atoms with Crippen molar-refractivity contribution in [2.45, 2.75) is 33.6 Å². The summed E-state index contributed by atoms with van der Waals surface area (Å²) in [6, 6.07) is 8.19. The first-order chi connectivity index (χ1) is 7.72. The number of hydrogen-bond acceptors (Lipinski definition) is 2. The first-order valence-corrected chi connectivity index (χ1v) is 6.19. The van der Waals surface area contributed by atoms with Crippen LogP contribution in [0.3, 0.4) is 0 Å². The fourth-order valence-electron chi connectivity index (χ4n) is 1.39. The van der Waals surface area contributed by atoms with Gasteiger partial charge < -0.3 is 10.1 Å². The van der Waals surface area contributed by atoms with Crippen LogP contribution in [0.15, 0.2) is 24.3 Å². The highest BCUT2D eigenvalue weighted by Gasteiger charge is 1.96. The van der Waals surface area contributed by atoms with Crippen LogP contribution in [0.1, 0.15) is 33.6 Å². The second kappa shape index (κ2) is 7.15. The van der Waals surface area contributed by atoms with Crippen molar-refractivity contribution in [2.75, 3.05) is 18.5 Å². The molecule has 1 N–H and O–H groups in total. The van der Waals surface area contributed by atoms with Gasteiger partial charge in [-0.1, -0.05) is 20.8 Å². The molecule has 1 aromatic rings. The molecule has 0 aromatic heterocycles. The van der Waals surface area contributed by atoms with Gasteiger partial charge in [-0.15, -0.1) is 0 Å². The Balaban J connectivity index is 2.33. The van der Waals surface area contributed by atoms with Crippen molar-refractivity contribution in [3.63, 3.8) is 0 Å². The van der Waals surface area contributed by atoms with Gasteiger partial charge >= 0.3 is 0 Å². The Hall–Kier alpha value is -1.18. The summed E-state index contributed by atoms with van der Waals surface area (Å²) >= 11 is 0. The molecule has 90 valence electrons. The van der Waals surface area contributed by atoms with E-state index >= 15 is 0 Å². The van der Waals surface area contributed by atoms with E-state index in [0.717, 1.165) is 31.2 Å². The summed E-state index contributed by atoms with van der Waals surface area (Å²) in [4.78, 5) is 0. The zero-order valence-corrected chi connectivity index (χ0v) is 10.6. The normalized spacial score (nSPS) is 10.5. The number of nitrogens with one attached hydrogen (secondary N) is 1. The topological polar surface area (TPSA) is 21.3 Å². The van der Waals surface area contributed by atoms with Crippen LogP contribution in [0.4, 0.5) is 5.69 Å². The van der Waals surface area contributed by atoms with Crippen molar-refractivity contribution >= 4 is 5.69 Å². The average Bonchev–Trinajstić information content (AvgIpc) is 2.27. The summed E-state index contributed by atoms with van der Waals surface area (Å²) in [5.74, 6) is 1.70. The van der Waals surface area contributed by atoms with Gasteiger partial charge in [-0.3, -0.25) is 0 Å². The summed E-state index contributed by atoms with van der Waals surface area (Å²) < 4.78 is 5.53. The number of ether oxygens (including phenoxy) is 1. The Morgan fingerprint density at radius 3 is 2.44 bits per heavy atom. The van der Waals surface area contributed by atoms with Crippen LogP contribution >= 0.6 is 0 Å². The molecule has 16 heavy (non-hydrogen) atoms. The van der Waals surface area contributed by atoms with Crippen LogP contribution in [0.2, 0.25) is 0 Å². The Labute approximate surface area is 99.0 Å². The molecule has 1 rings (SSSR count). The number of rotatable bonds is 7. The molecule has 2 heteroatoms.